The molecule has 0 bridgehead atoms. The van der Waals surface area contributed by atoms with E-state index in [1.165, 1.54) is 23.5 Å². The second kappa shape index (κ2) is 6.82. The maximum absolute atomic E-state index is 12.1. The Morgan fingerprint density at radius 1 is 0.500 bits per heavy atom. The minimum Gasteiger partial charge on any atom is -0.393 e. The Morgan fingerprint density at radius 2 is 0.714 bits per heavy atom. The molecule has 3 heterocycles. The number of alkyl halides is 4. The molecule has 152 valence electrons. The SMILES string of the molecule is O=C1OC(=O)C2C(Cl)C3SC4C(Cl)C5C(=O)OC(=O)C5C(Cl)C4SC3C(Cl)C12. The lowest BCUT2D eigenvalue weighted by molar-refractivity contribution is -0.155. The second-order valence-corrected chi connectivity index (χ2v) is 12.2. The third-order valence-corrected chi connectivity index (χ3v) is 12.9. The molecule has 5 aliphatic rings. The van der Waals surface area contributed by atoms with E-state index in [2.05, 4.69) is 0 Å². The number of carbonyl (C=O) groups excluding carboxylic acids is 4. The van der Waals surface area contributed by atoms with Crippen molar-refractivity contribution in [3.8, 4) is 0 Å². The predicted molar refractivity (Wildman–Crippen MR) is 105 cm³/mol. The molecule has 6 nitrogen and oxygen atoms in total. The van der Waals surface area contributed by atoms with E-state index in [1.807, 2.05) is 0 Å². The van der Waals surface area contributed by atoms with Gasteiger partial charge in [-0.2, -0.15) is 0 Å². The van der Waals surface area contributed by atoms with Crippen molar-refractivity contribution in [2.45, 2.75) is 42.5 Å². The van der Waals surface area contributed by atoms with Crippen LogP contribution in [-0.4, -0.2) is 66.4 Å². The monoisotopic (exact) mass is 504 g/mol. The third-order valence-electron chi connectivity index (χ3n) is 6.17. The second-order valence-electron chi connectivity index (χ2n) is 7.49. The summed E-state index contributed by atoms with van der Waals surface area (Å²) in [6, 6.07) is 0. The highest BCUT2D eigenvalue weighted by atomic mass is 35.5. The summed E-state index contributed by atoms with van der Waals surface area (Å²) < 4.78 is 9.56. The molecule has 0 aromatic carbocycles. The van der Waals surface area contributed by atoms with Crippen LogP contribution < -0.4 is 0 Å². The molecule has 5 fully saturated rings. The molecule has 2 saturated carbocycles. The van der Waals surface area contributed by atoms with E-state index in [1.54, 1.807) is 0 Å². The lowest BCUT2D eigenvalue weighted by atomic mass is 9.78. The molecular formula is C16H12Cl4O6S2. The van der Waals surface area contributed by atoms with Crippen LogP contribution in [0.4, 0.5) is 0 Å². The molecular weight excluding hydrogens is 494 g/mol. The standard InChI is InChI=1S/C16H12Cl4O6S2/c17-5-1-2(14(22)25-13(1)21)6(18)10-9(5)27-11-7(19)3-4(8(20)12(11)28-10)16(24)26-15(3)23/h1-12H. The van der Waals surface area contributed by atoms with Crippen molar-refractivity contribution in [1.29, 1.82) is 0 Å². The maximum atomic E-state index is 12.1. The van der Waals surface area contributed by atoms with Gasteiger partial charge in [-0.1, -0.05) is 0 Å². The van der Waals surface area contributed by atoms with E-state index in [4.69, 9.17) is 55.9 Å². The minimum atomic E-state index is -0.808. The van der Waals surface area contributed by atoms with Gasteiger partial charge in [0.2, 0.25) is 0 Å². The Labute approximate surface area is 188 Å². The maximum Gasteiger partial charge on any atom is 0.319 e. The van der Waals surface area contributed by atoms with Crippen LogP contribution in [0.15, 0.2) is 0 Å². The number of carbonyl (C=O) groups is 4. The van der Waals surface area contributed by atoms with Crippen molar-refractivity contribution >= 4 is 93.8 Å². The molecule has 5 rings (SSSR count). The molecule has 12 heteroatoms. The first-order valence-electron chi connectivity index (χ1n) is 8.60. The van der Waals surface area contributed by atoms with E-state index in [9.17, 15) is 19.2 Å². The van der Waals surface area contributed by atoms with E-state index >= 15 is 0 Å². The molecule has 0 aromatic rings. The Bertz CT molecular complexity index is 673. The van der Waals surface area contributed by atoms with Crippen molar-refractivity contribution in [3.63, 3.8) is 0 Å². The van der Waals surface area contributed by atoms with Crippen LogP contribution in [0.1, 0.15) is 0 Å². The fourth-order valence-corrected chi connectivity index (χ4v) is 11.7. The highest BCUT2D eigenvalue weighted by Crippen LogP contribution is 2.60. The fraction of sp³-hybridized carbons (Fsp3) is 0.750. The molecule has 3 aliphatic heterocycles. The highest BCUT2D eigenvalue weighted by Gasteiger charge is 2.67. The van der Waals surface area contributed by atoms with Gasteiger partial charge in [0.1, 0.15) is 0 Å². The summed E-state index contributed by atoms with van der Waals surface area (Å²) >= 11 is 29.4. The highest BCUT2D eigenvalue weighted by molar-refractivity contribution is 8.08. The molecule has 0 spiro atoms. The van der Waals surface area contributed by atoms with Gasteiger partial charge in [0.05, 0.1) is 45.2 Å². The Kier molecular flexibility index (Phi) is 4.89. The Balaban J connectivity index is 1.49. The molecule has 0 N–H and O–H groups in total. The van der Waals surface area contributed by atoms with Crippen molar-refractivity contribution < 1.29 is 28.7 Å². The van der Waals surface area contributed by atoms with Crippen LogP contribution in [0, 0.1) is 23.7 Å². The zero-order valence-corrected chi connectivity index (χ0v) is 18.4. The van der Waals surface area contributed by atoms with Gasteiger partial charge in [0.15, 0.2) is 0 Å². The van der Waals surface area contributed by atoms with Gasteiger partial charge in [0, 0.05) is 21.0 Å². The van der Waals surface area contributed by atoms with Crippen LogP contribution in [0.25, 0.3) is 0 Å². The van der Waals surface area contributed by atoms with Gasteiger partial charge in [-0.15, -0.1) is 69.9 Å². The quantitative estimate of drug-likeness (QED) is 0.281. The topological polar surface area (TPSA) is 86.7 Å². The molecule has 28 heavy (non-hydrogen) atoms. The zero-order valence-electron chi connectivity index (χ0n) is 13.7. The van der Waals surface area contributed by atoms with Crippen LogP contribution >= 0.6 is 69.9 Å². The molecule has 2 aliphatic carbocycles. The number of hydrogen-bond donors (Lipinski definition) is 0. The summed E-state index contributed by atoms with van der Waals surface area (Å²) in [6.07, 6.45) is 0. The Morgan fingerprint density at radius 3 is 0.929 bits per heavy atom. The van der Waals surface area contributed by atoms with Gasteiger partial charge >= 0.3 is 23.9 Å². The van der Waals surface area contributed by atoms with Crippen LogP contribution in [-0.2, 0) is 28.7 Å². The van der Waals surface area contributed by atoms with Gasteiger partial charge in [-0.25, -0.2) is 0 Å². The van der Waals surface area contributed by atoms with Crippen molar-refractivity contribution in [2.75, 3.05) is 0 Å². The molecule has 3 saturated heterocycles. The number of rotatable bonds is 0. The van der Waals surface area contributed by atoms with Crippen molar-refractivity contribution in [2.24, 2.45) is 23.7 Å². The van der Waals surface area contributed by atoms with E-state index in [-0.39, 0.29) is 21.0 Å². The Hall–Kier alpha value is 0.140. The summed E-state index contributed by atoms with van der Waals surface area (Å²) in [6.45, 7) is 0. The van der Waals surface area contributed by atoms with Crippen molar-refractivity contribution in [1.82, 2.24) is 0 Å². The van der Waals surface area contributed by atoms with Gasteiger partial charge in [-0.05, 0) is 0 Å². The minimum absolute atomic E-state index is 0.287. The summed E-state index contributed by atoms with van der Waals surface area (Å²) in [7, 11) is 0. The number of esters is 4. The number of cyclic esters (lactones) is 4. The average Bonchev–Trinajstić information content (AvgIpc) is 3.11. The lowest BCUT2D eigenvalue weighted by Gasteiger charge is -2.53. The van der Waals surface area contributed by atoms with Crippen LogP contribution in [0.5, 0.6) is 0 Å². The van der Waals surface area contributed by atoms with E-state index < -0.39 is 69.1 Å². The van der Waals surface area contributed by atoms with E-state index in [0.29, 0.717) is 0 Å². The lowest BCUT2D eigenvalue weighted by Crippen LogP contribution is -2.62. The number of thioether (sulfide) groups is 2. The molecule has 0 radical (unpaired) electrons. The number of halogens is 4. The summed E-state index contributed by atoms with van der Waals surface area (Å²) in [5.74, 6) is -5.85. The first-order chi connectivity index (χ1) is 13.2. The number of ether oxygens (including phenoxy) is 2. The van der Waals surface area contributed by atoms with E-state index in [0.717, 1.165) is 0 Å². The number of fused-ring (bicyclic) bond motifs is 4. The van der Waals surface area contributed by atoms with Crippen LogP contribution in [0.2, 0.25) is 0 Å². The fourth-order valence-electron chi connectivity index (χ4n) is 4.88. The smallest absolute Gasteiger partial charge is 0.319 e. The molecule has 12 unspecified atom stereocenters. The predicted octanol–water partition coefficient (Wildman–Crippen LogP) is 2.03. The van der Waals surface area contributed by atoms with Crippen molar-refractivity contribution in [3.05, 3.63) is 0 Å². The summed E-state index contributed by atoms with van der Waals surface area (Å²) in [4.78, 5) is 48.5. The first-order valence-corrected chi connectivity index (χ1v) is 12.2. The van der Waals surface area contributed by atoms with Gasteiger partial charge in [0.25, 0.3) is 0 Å². The average molecular weight is 506 g/mol. The summed E-state index contributed by atoms with van der Waals surface area (Å²) in [5, 5.41) is -3.83. The third kappa shape index (κ3) is 2.57. The largest absolute Gasteiger partial charge is 0.393 e. The molecule has 12 atom stereocenters. The molecule has 0 aromatic heterocycles. The normalized spacial score (nSPS) is 55.0. The summed E-state index contributed by atoms with van der Waals surface area (Å²) in [5.41, 5.74) is 0. The first kappa shape index (κ1) is 20.1. The molecule has 0 amide bonds. The number of hydrogen-bond acceptors (Lipinski definition) is 8. The van der Waals surface area contributed by atoms with Gasteiger partial charge in [-0.3, -0.25) is 19.2 Å². The van der Waals surface area contributed by atoms with Gasteiger partial charge < -0.3 is 9.47 Å². The zero-order chi connectivity index (χ0) is 20.1. The van der Waals surface area contributed by atoms with Crippen LogP contribution in [0.3, 0.4) is 0 Å².